The van der Waals surface area contributed by atoms with Crippen LogP contribution >= 0.6 is 0 Å². The van der Waals surface area contributed by atoms with Crippen LogP contribution in [0.4, 0.5) is 0 Å². The predicted octanol–water partition coefficient (Wildman–Crippen LogP) is 0.201. The van der Waals surface area contributed by atoms with Gasteiger partial charge in [0.1, 0.15) is 0 Å². The molecule has 0 aliphatic carbocycles. The minimum atomic E-state index is 0.528. The molecule has 2 heteroatoms. The third kappa shape index (κ3) is 0.661. The van der Waals surface area contributed by atoms with Gasteiger partial charge in [-0.3, -0.25) is 0 Å². The first-order valence-electron chi connectivity index (χ1n) is 2.87. The van der Waals surface area contributed by atoms with Crippen molar-refractivity contribution in [3.8, 4) is 0 Å². The standard InChI is InChI=1S/C6H12N2/c1-5-6(2)8(3)4-7-5/h4-5,7H,1-3H3. The van der Waals surface area contributed by atoms with Gasteiger partial charge < -0.3 is 9.89 Å². The van der Waals surface area contributed by atoms with Crippen LogP contribution in [0.15, 0.2) is 0 Å². The van der Waals surface area contributed by atoms with Crippen molar-refractivity contribution in [2.45, 2.75) is 19.9 Å². The summed E-state index contributed by atoms with van der Waals surface area (Å²) in [5.41, 5.74) is 0. The third-order valence-electron chi connectivity index (χ3n) is 1.70. The van der Waals surface area contributed by atoms with Crippen LogP contribution in [0.1, 0.15) is 13.8 Å². The van der Waals surface area contributed by atoms with E-state index in [0.29, 0.717) is 6.04 Å². The van der Waals surface area contributed by atoms with Gasteiger partial charge in [-0.2, -0.15) is 0 Å². The van der Waals surface area contributed by atoms with Crippen LogP contribution in [0, 0.1) is 6.04 Å². The maximum absolute atomic E-state index is 3.18. The van der Waals surface area contributed by atoms with E-state index in [4.69, 9.17) is 0 Å². The molecular weight excluding hydrogens is 100 g/mol. The van der Waals surface area contributed by atoms with Crippen LogP contribution in [-0.4, -0.2) is 24.0 Å². The number of rotatable bonds is 0. The van der Waals surface area contributed by atoms with Crippen molar-refractivity contribution in [1.29, 1.82) is 0 Å². The van der Waals surface area contributed by atoms with E-state index < -0.39 is 0 Å². The molecule has 0 aromatic carbocycles. The molecule has 0 amide bonds. The van der Waals surface area contributed by atoms with Crippen molar-refractivity contribution in [1.82, 2.24) is 5.32 Å². The van der Waals surface area contributed by atoms with Gasteiger partial charge in [-0.15, -0.1) is 0 Å². The summed E-state index contributed by atoms with van der Waals surface area (Å²) in [6.07, 6.45) is 1.99. The third-order valence-corrected chi connectivity index (χ3v) is 1.70. The van der Waals surface area contributed by atoms with Crippen molar-refractivity contribution in [3.63, 3.8) is 0 Å². The summed E-state index contributed by atoms with van der Waals surface area (Å²) in [4.78, 5) is 0. The highest BCUT2D eigenvalue weighted by atomic mass is 15.2. The zero-order valence-electron chi connectivity index (χ0n) is 5.60. The zero-order chi connectivity index (χ0) is 6.15. The molecule has 1 rings (SSSR count). The first-order chi connectivity index (χ1) is 3.72. The van der Waals surface area contributed by atoms with Crippen molar-refractivity contribution in [2.24, 2.45) is 0 Å². The van der Waals surface area contributed by atoms with Crippen LogP contribution in [-0.2, 0) is 0 Å². The maximum Gasteiger partial charge on any atom is 0.0902 e. The average Bonchev–Trinajstić information content (AvgIpc) is 1.98. The van der Waals surface area contributed by atoms with E-state index >= 15 is 0 Å². The number of nitrogens with zero attached hydrogens (tertiary/aromatic N) is 1. The Kier molecular flexibility index (Phi) is 1.16. The van der Waals surface area contributed by atoms with Crippen molar-refractivity contribution in [2.75, 3.05) is 7.05 Å². The summed E-state index contributed by atoms with van der Waals surface area (Å²) in [6.45, 7) is 4.27. The van der Waals surface area contributed by atoms with E-state index in [1.165, 1.54) is 6.04 Å². The number of hydrogen-bond acceptors (Lipinski definition) is 1. The van der Waals surface area contributed by atoms with Crippen molar-refractivity contribution < 1.29 is 4.58 Å². The molecule has 0 radical (unpaired) electrons. The normalized spacial score (nSPS) is 27.6. The largest absolute Gasteiger partial charge is 0.397 e. The fourth-order valence-corrected chi connectivity index (χ4v) is 0.751. The quantitative estimate of drug-likeness (QED) is 0.349. The molecule has 0 aromatic heterocycles. The minimum absolute atomic E-state index is 0.528. The highest BCUT2D eigenvalue weighted by Gasteiger charge is 2.13. The molecule has 8 heavy (non-hydrogen) atoms. The summed E-state index contributed by atoms with van der Waals surface area (Å²) in [5, 5.41) is 3.18. The van der Waals surface area contributed by atoms with E-state index in [2.05, 4.69) is 23.7 Å². The summed E-state index contributed by atoms with van der Waals surface area (Å²) < 4.78 is 2.10. The molecule has 0 fully saturated rings. The van der Waals surface area contributed by atoms with Gasteiger partial charge in [0.05, 0.1) is 12.4 Å². The molecule has 1 heterocycles. The average molecular weight is 112 g/mol. The molecule has 2 nitrogen and oxygen atoms in total. The molecule has 0 saturated carbocycles. The fraction of sp³-hybridized carbons (Fsp3) is 0.667. The van der Waals surface area contributed by atoms with Crippen molar-refractivity contribution >= 4 is 6.34 Å². The second kappa shape index (κ2) is 1.69. The minimum Gasteiger partial charge on any atom is -0.397 e. The van der Waals surface area contributed by atoms with Crippen molar-refractivity contribution in [3.05, 3.63) is 6.04 Å². The summed E-state index contributed by atoms with van der Waals surface area (Å²) in [7, 11) is 2.05. The van der Waals surface area contributed by atoms with Crippen LogP contribution in [0.3, 0.4) is 0 Å². The first-order valence-corrected chi connectivity index (χ1v) is 2.87. The molecule has 0 spiro atoms. The molecule has 1 aliphatic rings. The maximum atomic E-state index is 3.18. The fourth-order valence-electron chi connectivity index (χ4n) is 0.751. The Morgan fingerprint density at radius 2 is 2.38 bits per heavy atom. The molecule has 1 unspecified atom stereocenters. The molecule has 0 aromatic rings. The lowest BCUT2D eigenvalue weighted by atomic mass is 10.2. The summed E-state index contributed by atoms with van der Waals surface area (Å²) >= 11 is 0. The second-order valence-electron chi connectivity index (χ2n) is 2.27. The first kappa shape index (κ1) is 5.48. The lowest BCUT2D eigenvalue weighted by Gasteiger charge is -2.14. The topological polar surface area (TPSA) is 15.0 Å². The number of nitrogens with one attached hydrogen (secondary N) is 1. The smallest absolute Gasteiger partial charge is 0.0902 e. The highest BCUT2D eigenvalue weighted by Crippen LogP contribution is 2.07. The summed E-state index contributed by atoms with van der Waals surface area (Å²) in [5.74, 6) is 0. The Hall–Kier alpha value is -0.660. The van der Waals surface area contributed by atoms with E-state index in [1.54, 1.807) is 0 Å². The monoisotopic (exact) mass is 112 g/mol. The van der Waals surface area contributed by atoms with Gasteiger partial charge in [0, 0.05) is 7.05 Å². The van der Waals surface area contributed by atoms with Crippen LogP contribution in [0.25, 0.3) is 0 Å². The van der Waals surface area contributed by atoms with Gasteiger partial charge in [-0.25, -0.2) is 0 Å². The Labute approximate surface area is 50.2 Å². The Morgan fingerprint density at radius 3 is 2.50 bits per heavy atom. The van der Waals surface area contributed by atoms with Gasteiger partial charge in [0.2, 0.25) is 0 Å². The molecule has 1 atom stereocenters. The molecule has 1 N–H and O–H groups in total. The van der Waals surface area contributed by atoms with Gasteiger partial charge in [0.15, 0.2) is 0 Å². The van der Waals surface area contributed by atoms with Gasteiger partial charge in [-0.05, 0) is 13.0 Å². The van der Waals surface area contributed by atoms with E-state index in [-0.39, 0.29) is 0 Å². The van der Waals surface area contributed by atoms with E-state index in [9.17, 15) is 0 Å². The Morgan fingerprint density at radius 1 is 1.75 bits per heavy atom. The Balaban J connectivity index is 2.59. The van der Waals surface area contributed by atoms with Crippen LogP contribution < -0.4 is 5.32 Å². The molecule has 1 aliphatic heterocycles. The van der Waals surface area contributed by atoms with Crippen LogP contribution in [0.5, 0.6) is 0 Å². The summed E-state index contributed by atoms with van der Waals surface area (Å²) in [6, 6.07) is 1.91. The van der Waals surface area contributed by atoms with E-state index in [1.807, 2.05) is 13.4 Å². The van der Waals surface area contributed by atoms with Gasteiger partial charge in [0.25, 0.3) is 0 Å². The second-order valence-corrected chi connectivity index (χ2v) is 2.27. The Bertz CT molecular complexity index is 118. The van der Waals surface area contributed by atoms with Crippen LogP contribution in [0.2, 0.25) is 0 Å². The van der Waals surface area contributed by atoms with E-state index in [0.717, 1.165) is 0 Å². The molecule has 46 valence electrons. The number of likely N-dealkylation sites (N-methyl/N-ethyl adjacent to an activating group) is 1. The van der Waals surface area contributed by atoms with Gasteiger partial charge >= 0.3 is 0 Å². The lowest BCUT2D eigenvalue weighted by molar-refractivity contribution is -0.471. The van der Waals surface area contributed by atoms with Gasteiger partial charge in [-0.1, -0.05) is 6.92 Å². The molecule has 0 bridgehead atoms. The lowest BCUT2D eigenvalue weighted by Crippen LogP contribution is -2.22. The molecule has 0 saturated heterocycles. The SMILES string of the molecule is C[C-]1C(C)NC=[N+]1C. The highest BCUT2D eigenvalue weighted by molar-refractivity contribution is 5.52. The predicted molar refractivity (Wildman–Crippen MR) is 33.8 cm³/mol. The molecular formula is C6H12N2. The number of hydrogen-bond donors (Lipinski definition) is 1. The zero-order valence-corrected chi connectivity index (χ0v) is 5.60.